The van der Waals surface area contributed by atoms with Gasteiger partial charge in [-0.3, -0.25) is 0 Å². The summed E-state index contributed by atoms with van der Waals surface area (Å²) in [6.07, 6.45) is 5.70. The van der Waals surface area contributed by atoms with E-state index in [1.165, 1.54) is 0 Å². The zero-order valence-electron chi connectivity index (χ0n) is 13.0. The second-order valence-corrected chi connectivity index (χ2v) is 5.72. The van der Waals surface area contributed by atoms with Gasteiger partial charge in [-0.05, 0) is 31.2 Å². The Bertz CT molecular complexity index is 1050. The standard InChI is InChI=1S/C18H15N3O2S/c1-2-23-18(22)15-17(24)21(13-7-4-3-5-8-13)16-14-9-6-10-19(14)11-12-20(15)16/h3-12H,2H2,1H3. The molecule has 6 heteroatoms. The Balaban J connectivity index is 2.15. The number of benzene rings is 1. The zero-order valence-corrected chi connectivity index (χ0v) is 13.9. The van der Waals surface area contributed by atoms with Crippen molar-refractivity contribution in [3.8, 4) is 5.69 Å². The molecule has 0 aliphatic carbocycles. The van der Waals surface area contributed by atoms with E-state index in [9.17, 15) is 4.79 Å². The maximum absolute atomic E-state index is 12.5. The lowest BCUT2D eigenvalue weighted by molar-refractivity contribution is -0.515. The van der Waals surface area contributed by atoms with Crippen LogP contribution in [0, 0.1) is 0 Å². The number of hydrogen-bond donors (Lipinski definition) is 0. The molecule has 0 unspecified atom stereocenters. The maximum atomic E-state index is 12.5. The molecule has 0 aliphatic rings. The number of imidazole rings is 1. The Morgan fingerprint density at radius 1 is 1.17 bits per heavy atom. The van der Waals surface area contributed by atoms with Gasteiger partial charge in [0.15, 0.2) is 0 Å². The fraction of sp³-hybridized carbons (Fsp3) is 0.111. The summed E-state index contributed by atoms with van der Waals surface area (Å²) >= 11 is 5.63. The van der Waals surface area contributed by atoms with Gasteiger partial charge in [-0.1, -0.05) is 18.2 Å². The van der Waals surface area contributed by atoms with Crippen molar-refractivity contribution in [1.82, 2.24) is 8.97 Å². The van der Waals surface area contributed by atoms with E-state index in [-0.39, 0.29) is 0 Å². The van der Waals surface area contributed by atoms with Crippen molar-refractivity contribution in [2.75, 3.05) is 6.61 Å². The first kappa shape index (κ1) is 14.7. The van der Waals surface area contributed by atoms with Gasteiger partial charge in [0.1, 0.15) is 17.4 Å². The number of ether oxygens (including phenoxy) is 1. The molecule has 4 rings (SSSR count). The normalized spacial score (nSPS) is 11.2. The molecule has 0 spiro atoms. The summed E-state index contributed by atoms with van der Waals surface area (Å²) in [6.45, 7) is 2.09. The zero-order chi connectivity index (χ0) is 16.7. The largest absolute Gasteiger partial charge is 0.732 e. The van der Waals surface area contributed by atoms with Crippen LogP contribution in [0.2, 0.25) is 0 Å². The van der Waals surface area contributed by atoms with E-state index in [0.717, 1.165) is 16.9 Å². The maximum Gasteiger partial charge on any atom is 0.381 e. The van der Waals surface area contributed by atoms with Gasteiger partial charge in [-0.2, -0.15) is 4.40 Å². The topological polar surface area (TPSA) is 39.7 Å². The average molecular weight is 337 g/mol. The minimum atomic E-state index is -0.414. The van der Waals surface area contributed by atoms with Crippen molar-refractivity contribution < 1.29 is 13.9 Å². The predicted octanol–water partition coefficient (Wildman–Crippen LogP) is 2.55. The van der Waals surface area contributed by atoms with Crippen LogP contribution in [0.15, 0.2) is 66.1 Å². The first-order chi connectivity index (χ1) is 11.7. The monoisotopic (exact) mass is 337 g/mol. The third-order valence-corrected chi connectivity index (χ3v) is 4.33. The molecule has 120 valence electrons. The van der Waals surface area contributed by atoms with Crippen LogP contribution in [0.1, 0.15) is 17.4 Å². The summed E-state index contributed by atoms with van der Waals surface area (Å²) in [6, 6.07) is 13.7. The molecule has 0 N–H and O–H groups in total. The molecular weight excluding hydrogens is 322 g/mol. The molecule has 0 radical (unpaired) electrons. The van der Waals surface area contributed by atoms with Gasteiger partial charge in [0, 0.05) is 17.4 Å². The van der Waals surface area contributed by atoms with Crippen LogP contribution in [0.3, 0.4) is 0 Å². The van der Waals surface area contributed by atoms with Crippen molar-refractivity contribution in [1.29, 1.82) is 0 Å². The highest BCUT2D eigenvalue weighted by molar-refractivity contribution is 7.58. The molecule has 24 heavy (non-hydrogen) atoms. The summed E-state index contributed by atoms with van der Waals surface area (Å²) in [5, 5.41) is 0.439. The van der Waals surface area contributed by atoms with E-state index < -0.39 is 5.97 Å². The molecule has 4 aromatic rings. The third-order valence-electron chi connectivity index (χ3n) is 3.95. The fourth-order valence-electron chi connectivity index (χ4n) is 2.96. The van der Waals surface area contributed by atoms with E-state index in [4.69, 9.17) is 17.4 Å². The van der Waals surface area contributed by atoms with Crippen molar-refractivity contribution in [2.45, 2.75) is 11.9 Å². The lowest BCUT2D eigenvalue weighted by Gasteiger charge is -2.06. The van der Waals surface area contributed by atoms with Crippen molar-refractivity contribution in [2.24, 2.45) is 0 Å². The molecule has 0 bridgehead atoms. The van der Waals surface area contributed by atoms with Gasteiger partial charge in [-0.25, -0.2) is 9.36 Å². The summed E-state index contributed by atoms with van der Waals surface area (Å²) in [5.41, 5.74) is 3.07. The minimum Gasteiger partial charge on any atom is -0.732 e. The summed E-state index contributed by atoms with van der Waals surface area (Å²) in [5.74, 6) is -0.414. The smallest absolute Gasteiger partial charge is 0.381 e. The first-order valence-electron chi connectivity index (χ1n) is 7.67. The van der Waals surface area contributed by atoms with E-state index >= 15 is 0 Å². The third kappa shape index (κ3) is 2.07. The van der Waals surface area contributed by atoms with Crippen molar-refractivity contribution in [3.63, 3.8) is 0 Å². The number of aromatic nitrogens is 3. The quantitative estimate of drug-likeness (QED) is 0.328. The van der Waals surface area contributed by atoms with Crippen LogP contribution >= 0.6 is 0 Å². The Hall–Kier alpha value is -2.86. The lowest BCUT2D eigenvalue weighted by Crippen LogP contribution is -2.29. The molecule has 5 nitrogen and oxygen atoms in total. The van der Waals surface area contributed by atoms with Crippen LogP contribution in [-0.4, -0.2) is 21.5 Å². The van der Waals surface area contributed by atoms with Crippen molar-refractivity contribution >= 4 is 29.8 Å². The number of carbonyl (C=O) groups excluding carboxylic acids is 1. The molecule has 0 saturated heterocycles. The van der Waals surface area contributed by atoms with Crippen LogP contribution < -0.4 is 4.40 Å². The molecule has 0 saturated carbocycles. The molecule has 0 fully saturated rings. The molecule has 3 heterocycles. The van der Waals surface area contributed by atoms with E-state index in [2.05, 4.69) is 0 Å². The number of para-hydroxylation sites is 1. The lowest BCUT2D eigenvalue weighted by atomic mass is 10.3. The minimum absolute atomic E-state index is 0.305. The molecule has 0 amide bonds. The van der Waals surface area contributed by atoms with Crippen molar-refractivity contribution in [3.05, 3.63) is 66.7 Å². The van der Waals surface area contributed by atoms with Crippen LogP contribution in [0.4, 0.5) is 0 Å². The summed E-state index contributed by atoms with van der Waals surface area (Å²) < 4.78 is 10.9. The van der Waals surface area contributed by atoms with Gasteiger partial charge in [-0.15, -0.1) is 0 Å². The molecular formula is C18H15N3O2S. The number of rotatable bonds is 3. The number of hydrogen-bond acceptors (Lipinski definition) is 3. The van der Waals surface area contributed by atoms with Crippen LogP contribution in [-0.2, 0) is 17.4 Å². The molecule has 1 aromatic carbocycles. The van der Waals surface area contributed by atoms with Crippen LogP contribution in [0.25, 0.3) is 16.9 Å². The van der Waals surface area contributed by atoms with Gasteiger partial charge < -0.3 is 21.8 Å². The Morgan fingerprint density at radius 2 is 1.96 bits per heavy atom. The summed E-state index contributed by atoms with van der Waals surface area (Å²) in [4.78, 5) is 12.5. The van der Waals surface area contributed by atoms with Gasteiger partial charge in [0.2, 0.25) is 5.69 Å². The highest BCUT2D eigenvalue weighted by atomic mass is 32.1. The Morgan fingerprint density at radius 3 is 2.71 bits per heavy atom. The number of fused-ring (bicyclic) bond motifs is 3. The number of carbonyl (C=O) groups is 1. The van der Waals surface area contributed by atoms with E-state index in [0.29, 0.717) is 17.3 Å². The van der Waals surface area contributed by atoms with Gasteiger partial charge in [0.05, 0.1) is 6.61 Å². The number of esters is 1. The van der Waals surface area contributed by atoms with Gasteiger partial charge in [0.25, 0.3) is 0 Å². The SMILES string of the molecule is CCOC(=O)c1c([S-])n(-c2ccccc2)c2c3cccn3cc[n+]12. The van der Waals surface area contributed by atoms with E-state index in [1.54, 1.807) is 6.92 Å². The van der Waals surface area contributed by atoms with Crippen LogP contribution in [0.5, 0.6) is 0 Å². The second kappa shape index (κ2) is 5.65. The number of nitrogens with zero attached hydrogens (tertiary/aromatic N) is 3. The average Bonchev–Trinajstić information content (AvgIpc) is 3.17. The Labute approximate surface area is 144 Å². The predicted molar refractivity (Wildman–Crippen MR) is 91.5 cm³/mol. The summed E-state index contributed by atoms with van der Waals surface area (Å²) in [7, 11) is 0. The molecule has 0 aliphatic heterocycles. The second-order valence-electron chi connectivity index (χ2n) is 5.34. The fourth-order valence-corrected chi connectivity index (χ4v) is 3.33. The highest BCUT2D eigenvalue weighted by Gasteiger charge is 2.28. The molecule has 0 atom stereocenters. The Kier molecular flexibility index (Phi) is 3.46. The van der Waals surface area contributed by atoms with E-state index in [1.807, 2.05) is 74.4 Å². The van der Waals surface area contributed by atoms with Gasteiger partial charge >= 0.3 is 11.6 Å². The highest BCUT2D eigenvalue weighted by Crippen LogP contribution is 2.22. The molecule has 3 aromatic heterocycles. The first-order valence-corrected chi connectivity index (χ1v) is 8.08.